The number of hydrazone groups is 1. The molecule has 3 rings (SSSR count). The molecule has 10 heteroatoms. The van der Waals surface area contributed by atoms with Crippen molar-refractivity contribution in [2.75, 3.05) is 13.7 Å². The fourth-order valence-electron chi connectivity index (χ4n) is 2.49. The zero-order valence-corrected chi connectivity index (χ0v) is 17.7. The summed E-state index contributed by atoms with van der Waals surface area (Å²) in [6.07, 6.45) is 1.44. The van der Waals surface area contributed by atoms with Gasteiger partial charge in [0.2, 0.25) is 5.76 Å². The van der Waals surface area contributed by atoms with Crippen LogP contribution in [0.25, 0.3) is 0 Å². The van der Waals surface area contributed by atoms with Crippen molar-refractivity contribution in [3.05, 3.63) is 76.7 Å². The number of carboxylic acids is 1. The lowest BCUT2D eigenvalue weighted by molar-refractivity contribution is -0.123. The largest absolute Gasteiger partial charge is 0.493 e. The van der Waals surface area contributed by atoms with E-state index < -0.39 is 11.9 Å². The van der Waals surface area contributed by atoms with Crippen molar-refractivity contribution >= 4 is 29.7 Å². The van der Waals surface area contributed by atoms with E-state index in [1.165, 1.54) is 25.5 Å². The minimum Gasteiger partial charge on any atom is -0.493 e. The van der Waals surface area contributed by atoms with Gasteiger partial charge in [0.1, 0.15) is 18.1 Å². The van der Waals surface area contributed by atoms with Gasteiger partial charge < -0.3 is 23.7 Å². The molecule has 0 unspecified atom stereocenters. The molecule has 0 radical (unpaired) electrons. The molecule has 9 nitrogen and oxygen atoms in total. The highest BCUT2D eigenvalue weighted by atomic mass is 35.5. The molecule has 32 heavy (non-hydrogen) atoms. The van der Waals surface area contributed by atoms with E-state index in [9.17, 15) is 9.59 Å². The number of rotatable bonds is 10. The first-order valence-electron chi connectivity index (χ1n) is 9.27. The van der Waals surface area contributed by atoms with Gasteiger partial charge in [-0.1, -0.05) is 11.6 Å². The monoisotopic (exact) mass is 458 g/mol. The third kappa shape index (κ3) is 6.51. The predicted molar refractivity (Wildman–Crippen MR) is 116 cm³/mol. The van der Waals surface area contributed by atoms with E-state index in [0.29, 0.717) is 33.6 Å². The van der Waals surface area contributed by atoms with Crippen LogP contribution in [0.15, 0.2) is 64.1 Å². The summed E-state index contributed by atoms with van der Waals surface area (Å²) in [6.45, 7) is -0.174. The van der Waals surface area contributed by atoms with Gasteiger partial charge in [-0.25, -0.2) is 10.2 Å². The van der Waals surface area contributed by atoms with Gasteiger partial charge in [0, 0.05) is 5.02 Å². The quantitative estimate of drug-likeness (QED) is 0.350. The molecule has 1 aromatic heterocycles. The number of aromatic carboxylic acids is 1. The van der Waals surface area contributed by atoms with Crippen LogP contribution in [-0.4, -0.2) is 36.9 Å². The van der Waals surface area contributed by atoms with Gasteiger partial charge in [-0.15, -0.1) is 0 Å². The van der Waals surface area contributed by atoms with E-state index in [0.717, 1.165) is 0 Å². The van der Waals surface area contributed by atoms with Gasteiger partial charge in [-0.2, -0.15) is 5.10 Å². The molecule has 1 amide bonds. The Balaban J connectivity index is 1.51. The predicted octanol–water partition coefficient (Wildman–Crippen LogP) is 3.75. The minimum atomic E-state index is -1.15. The number of furan rings is 1. The lowest BCUT2D eigenvalue weighted by atomic mass is 10.2. The molecular formula is C22H19ClN2O7. The van der Waals surface area contributed by atoms with Crippen LogP contribution in [0, 0.1) is 0 Å². The van der Waals surface area contributed by atoms with Crippen LogP contribution in [0.2, 0.25) is 5.02 Å². The van der Waals surface area contributed by atoms with Crippen LogP contribution < -0.4 is 19.6 Å². The first-order valence-corrected chi connectivity index (χ1v) is 9.65. The summed E-state index contributed by atoms with van der Waals surface area (Å²) in [4.78, 5) is 22.7. The summed E-state index contributed by atoms with van der Waals surface area (Å²) in [5, 5.41) is 13.4. The molecule has 0 aliphatic carbocycles. The van der Waals surface area contributed by atoms with Crippen LogP contribution in [0.3, 0.4) is 0 Å². The van der Waals surface area contributed by atoms with Crippen molar-refractivity contribution in [3.63, 3.8) is 0 Å². The summed E-state index contributed by atoms with van der Waals surface area (Å²) < 4.78 is 21.4. The molecule has 0 fully saturated rings. The maximum absolute atomic E-state index is 11.8. The Labute approximate surface area is 188 Å². The second-order valence-electron chi connectivity index (χ2n) is 6.31. The number of nitrogens with one attached hydrogen (secondary N) is 1. The molecule has 0 spiro atoms. The standard InChI is InChI=1S/C22H19ClN2O7/c1-29-20-10-14(2-8-18(20)31-12-17-7-9-19(32-17)22(27)28)11-24-25-21(26)13-30-16-5-3-15(23)4-6-16/h2-11H,12-13H2,1H3,(H,25,26)(H,27,28)/b24-11-. The van der Waals surface area contributed by atoms with E-state index in [-0.39, 0.29) is 19.0 Å². The highest BCUT2D eigenvalue weighted by molar-refractivity contribution is 6.30. The number of carbonyl (C=O) groups is 2. The molecule has 0 saturated carbocycles. The lowest BCUT2D eigenvalue weighted by Gasteiger charge is -2.10. The Bertz CT molecular complexity index is 1110. The second kappa shape index (κ2) is 10.9. The van der Waals surface area contributed by atoms with Crippen LogP contribution in [0.1, 0.15) is 21.9 Å². The average molecular weight is 459 g/mol. The maximum Gasteiger partial charge on any atom is 0.371 e. The molecule has 0 aliphatic rings. The van der Waals surface area contributed by atoms with E-state index in [1.54, 1.807) is 42.5 Å². The number of carboxylic acid groups (broad SMARTS) is 1. The minimum absolute atomic E-state index is 0.0285. The highest BCUT2D eigenvalue weighted by Gasteiger charge is 2.11. The fourth-order valence-corrected chi connectivity index (χ4v) is 2.62. The van der Waals surface area contributed by atoms with Gasteiger partial charge >= 0.3 is 5.97 Å². The zero-order valence-electron chi connectivity index (χ0n) is 16.9. The van der Waals surface area contributed by atoms with Crippen molar-refractivity contribution in [2.24, 2.45) is 5.10 Å². The summed E-state index contributed by atoms with van der Waals surface area (Å²) in [7, 11) is 1.48. The molecule has 0 bridgehead atoms. The van der Waals surface area contributed by atoms with Crippen LogP contribution in [0.4, 0.5) is 0 Å². The number of hydrogen-bond donors (Lipinski definition) is 2. The molecule has 0 saturated heterocycles. The van der Waals surface area contributed by atoms with Gasteiger partial charge in [0.25, 0.3) is 5.91 Å². The number of halogens is 1. The Morgan fingerprint density at radius 2 is 1.88 bits per heavy atom. The lowest BCUT2D eigenvalue weighted by Crippen LogP contribution is -2.24. The number of carbonyl (C=O) groups excluding carboxylic acids is 1. The maximum atomic E-state index is 11.8. The van der Waals surface area contributed by atoms with E-state index in [2.05, 4.69) is 10.5 Å². The van der Waals surface area contributed by atoms with E-state index >= 15 is 0 Å². The van der Waals surface area contributed by atoms with Gasteiger partial charge in [-0.3, -0.25) is 4.79 Å². The topological polar surface area (TPSA) is 120 Å². The highest BCUT2D eigenvalue weighted by Crippen LogP contribution is 2.28. The van der Waals surface area contributed by atoms with Crippen LogP contribution in [-0.2, 0) is 11.4 Å². The molecule has 1 heterocycles. The molecule has 0 aliphatic heterocycles. The fraction of sp³-hybridized carbons (Fsp3) is 0.136. The van der Waals surface area contributed by atoms with Crippen LogP contribution in [0.5, 0.6) is 17.2 Å². The average Bonchev–Trinajstić information content (AvgIpc) is 3.27. The number of hydrogen-bond acceptors (Lipinski definition) is 7. The van der Waals surface area contributed by atoms with Crippen molar-refractivity contribution in [2.45, 2.75) is 6.61 Å². The third-order valence-corrected chi connectivity index (χ3v) is 4.27. The summed E-state index contributed by atoms with van der Waals surface area (Å²) in [5.74, 6) is -0.0120. The van der Waals surface area contributed by atoms with Crippen LogP contribution >= 0.6 is 11.6 Å². The summed E-state index contributed by atoms with van der Waals surface area (Å²) >= 11 is 5.79. The third-order valence-electron chi connectivity index (χ3n) is 4.02. The Morgan fingerprint density at radius 1 is 1.09 bits per heavy atom. The Morgan fingerprint density at radius 3 is 2.56 bits per heavy atom. The molecule has 0 atom stereocenters. The second-order valence-corrected chi connectivity index (χ2v) is 6.74. The normalized spacial score (nSPS) is 10.7. The Hall–Kier alpha value is -3.98. The summed E-state index contributed by atoms with van der Waals surface area (Å²) in [6, 6.07) is 14.6. The van der Waals surface area contributed by atoms with E-state index in [1.807, 2.05) is 0 Å². The van der Waals surface area contributed by atoms with E-state index in [4.69, 9.17) is 35.3 Å². The van der Waals surface area contributed by atoms with Crippen molar-refractivity contribution < 1.29 is 33.3 Å². The van der Waals surface area contributed by atoms with Crippen molar-refractivity contribution in [1.29, 1.82) is 0 Å². The van der Waals surface area contributed by atoms with Gasteiger partial charge in [0.15, 0.2) is 18.1 Å². The number of amides is 1. The van der Waals surface area contributed by atoms with Gasteiger partial charge in [0.05, 0.1) is 13.3 Å². The number of ether oxygens (including phenoxy) is 3. The zero-order chi connectivity index (χ0) is 22.9. The number of benzene rings is 2. The van der Waals surface area contributed by atoms with Gasteiger partial charge in [-0.05, 0) is 60.2 Å². The number of methoxy groups -OCH3 is 1. The molecule has 3 aromatic rings. The SMILES string of the molecule is COc1cc(/C=N\NC(=O)COc2ccc(Cl)cc2)ccc1OCc1ccc(C(=O)O)o1. The summed E-state index contributed by atoms with van der Waals surface area (Å²) in [5.41, 5.74) is 3.02. The first kappa shape index (κ1) is 22.7. The molecular weight excluding hydrogens is 440 g/mol. The first-order chi connectivity index (χ1) is 15.4. The molecule has 2 N–H and O–H groups in total. The molecule has 166 valence electrons. The number of nitrogens with zero attached hydrogens (tertiary/aromatic N) is 1. The van der Waals surface area contributed by atoms with Crippen molar-refractivity contribution in [3.8, 4) is 17.2 Å². The smallest absolute Gasteiger partial charge is 0.371 e. The van der Waals surface area contributed by atoms with Crippen molar-refractivity contribution in [1.82, 2.24) is 5.43 Å². The molecule has 2 aromatic carbocycles. The Kier molecular flexibility index (Phi) is 7.71.